The molecule has 0 saturated carbocycles. The largest absolute Gasteiger partial charge is 0.363 e. The van der Waals surface area contributed by atoms with Crippen LogP contribution in [0.5, 0.6) is 0 Å². The highest BCUT2D eigenvalue weighted by atomic mass is 35.5. The first kappa shape index (κ1) is 13.7. The number of halogens is 1. The van der Waals surface area contributed by atoms with Crippen LogP contribution in [0.2, 0.25) is 5.02 Å². The van der Waals surface area contributed by atoms with Gasteiger partial charge in [0, 0.05) is 23.8 Å². The minimum Gasteiger partial charge on any atom is -0.363 e. The molecular weight excluding hydrogens is 254 g/mol. The fraction of sp³-hybridized carbons (Fsp3) is 0.176. The van der Waals surface area contributed by atoms with Crippen molar-refractivity contribution in [2.24, 2.45) is 0 Å². The van der Waals surface area contributed by atoms with Gasteiger partial charge in [-0.25, -0.2) is 0 Å². The Morgan fingerprint density at radius 2 is 1.84 bits per heavy atom. The van der Waals surface area contributed by atoms with Crippen LogP contribution in [0.25, 0.3) is 0 Å². The van der Waals surface area contributed by atoms with E-state index in [1.54, 1.807) is 0 Å². The maximum absolute atomic E-state index is 6.21. The molecule has 0 amide bonds. The number of hydrogen-bond donors (Lipinski definition) is 0. The van der Waals surface area contributed by atoms with Gasteiger partial charge in [-0.15, -0.1) is 6.58 Å². The molecule has 2 rings (SSSR count). The number of hydrogen-bond acceptors (Lipinski definition) is 1. The van der Waals surface area contributed by atoms with Gasteiger partial charge >= 0.3 is 0 Å². The first-order valence-corrected chi connectivity index (χ1v) is 6.75. The zero-order valence-electron chi connectivity index (χ0n) is 11.1. The van der Waals surface area contributed by atoms with E-state index in [2.05, 4.69) is 48.7 Å². The van der Waals surface area contributed by atoms with E-state index in [9.17, 15) is 0 Å². The Morgan fingerprint density at radius 3 is 2.53 bits per heavy atom. The van der Waals surface area contributed by atoms with Gasteiger partial charge in [-0.1, -0.05) is 54.1 Å². The predicted molar refractivity (Wildman–Crippen MR) is 83.9 cm³/mol. The monoisotopic (exact) mass is 271 g/mol. The van der Waals surface area contributed by atoms with E-state index in [0.717, 1.165) is 29.4 Å². The third-order valence-electron chi connectivity index (χ3n) is 3.15. The van der Waals surface area contributed by atoms with Gasteiger partial charge in [-0.2, -0.15) is 0 Å². The highest BCUT2D eigenvalue weighted by Gasteiger charge is 2.10. The van der Waals surface area contributed by atoms with Gasteiger partial charge in [-0.05, 0) is 30.2 Å². The molecule has 0 aromatic heterocycles. The van der Waals surface area contributed by atoms with Crippen LogP contribution in [0, 0.1) is 6.92 Å². The van der Waals surface area contributed by atoms with Gasteiger partial charge in [0.1, 0.15) is 0 Å². The van der Waals surface area contributed by atoms with E-state index in [4.69, 9.17) is 11.6 Å². The van der Waals surface area contributed by atoms with Crippen molar-refractivity contribution in [3.8, 4) is 0 Å². The smallest absolute Gasteiger partial charge is 0.0455 e. The van der Waals surface area contributed by atoms with Crippen LogP contribution >= 0.6 is 11.6 Å². The van der Waals surface area contributed by atoms with Crippen molar-refractivity contribution in [3.05, 3.63) is 77.3 Å². The molecule has 2 aromatic carbocycles. The molecule has 19 heavy (non-hydrogen) atoms. The maximum atomic E-state index is 6.21. The summed E-state index contributed by atoms with van der Waals surface area (Å²) in [6.07, 6.45) is 1.92. The predicted octanol–water partition coefficient (Wildman–Crippen LogP) is 4.84. The van der Waals surface area contributed by atoms with E-state index in [-0.39, 0.29) is 0 Å². The standard InChI is InChI=1S/C17H18ClN/c1-3-12-19(13-15-8-5-4-6-9-15)17-11-7-10-16(18)14(17)2/h3-11H,1,12-13H2,2H3. The second-order valence-electron chi connectivity index (χ2n) is 4.54. The summed E-state index contributed by atoms with van der Waals surface area (Å²) in [7, 11) is 0. The number of nitrogens with zero attached hydrogens (tertiary/aromatic N) is 1. The Hall–Kier alpha value is -1.73. The number of benzene rings is 2. The highest BCUT2D eigenvalue weighted by Crippen LogP contribution is 2.27. The van der Waals surface area contributed by atoms with E-state index >= 15 is 0 Å². The summed E-state index contributed by atoms with van der Waals surface area (Å²) in [6.45, 7) is 7.56. The second kappa shape index (κ2) is 6.44. The van der Waals surface area contributed by atoms with Crippen molar-refractivity contribution < 1.29 is 0 Å². The van der Waals surface area contributed by atoms with Crippen molar-refractivity contribution in [3.63, 3.8) is 0 Å². The fourth-order valence-corrected chi connectivity index (χ4v) is 2.32. The van der Waals surface area contributed by atoms with E-state index < -0.39 is 0 Å². The summed E-state index contributed by atoms with van der Waals surface area (Å²) in [6, 6.07) is 16.4. The summed E-state index contributed by atoms with van der Waals surface area (Å²) >= 11 is 6.21. The minimum absolute atomic E-state index is 0.802. The van der Waals surface area contributed by atoms with Crippen LogP contribution < -0.4 is 4.90 Å². The zero-order chi connectivity index (χ0) is 13.7. The molecule has 0 unspecified atom stereocenters. The van der Waals surface area contributed by atoms with E-state index in [0.29, 0.717) is 0 Å². The SMILES string of the molecule is C=CCN(Cc1ccccc1)c1cccc(Cl)c1C. The van der Waals surface area contributed by atoms with Crippen molar-refractivity contribution in [1.82, 2.24) is 0 Å². The number of rotatable bonds is 5. The molecule has 0 heterocycles. The second-order valence-corrected chi connectivity index (χ2v) is 4.95. The molecule has 0 atom stereocenters. The van der Waals surface area contributed by atoms with Crippen LogP contribution in [0.3, 0.4) is 0 Å². The van der Waals surface area contributed by atoms with Crippen LogP contribution in [0.15, 0.2) is 61.2 Å². The third kappa shape index (κ3) is 3.39. The van der Waals surface area contributed by atoms with Gasteiger partial charge in [-0.3, -0.25) is 0 Å². The maximum Gasteiger partial charge on any atom is 0.0455 e. The van der Waals surface area contributed by atoms with Crippen molar-refractivity contribution in [1.29, 1.82) is 0 Å². The molecule has 0 aliphatic carbocycles. The Balaban J connectivity index is 2.29. The molecule has 1 nitrogen and oxygen atoms in total. The summed E-state index contributed by atoms with van der Waals surface area (Å²) in [5.41, 5.74) is 3.56. The van der Waals surface area contributed by atoms with Gasteiger partial charge in [0.2, 0.25) is 0 Å². The lowest BCUT2D eigenvalue weighted by Gasteiger charge is -2.25. The van der Waals surface area contributed by atoms with E-state index in [1.807, 2.05) is 24.3 Å². The lowest BCUT2D eigenvalue weighted by molar-refractivity contribution is 0.863. The first-order valence-electron chi connectivity index (χ1n) is 6.37. The minimum atomic E-state index is 0.802. The molecule has 0 saturated heterocycles. The van der Waals surface area contributed by atoms with Crippen LogP contribution in [-0.4, -0.2) is 6.54 Å². The lowest BCUT2D eigenvalue weighted by Crippen LogP contribution is -2.23. The molecule has 0 spiro atoms. The molecule has 0 N–H and O–H groups in total. The van der Waals surface area contributed by atoms with Crippen LogP contribution in [0.4, 0.5) is 5.69 Å². The lowest BCUT2D eigenvalue weighted by atomic mass is 10.1. The normalized spacial score (nSPS) is 10.2. The average Bonchev–Trinajstić information content (AvgIpc) is 2.43. The van der Waals surface area contributed by atoms with Crippen LogP contribution in [-0.2, 0) is 6.54 Å². The molecule has 0 aliphatic rings. The molecule has 2 aromatic rings. The average molecular weight is 272 g/mol. The highest BCUT2D eigenvalue weighted by molar-refractivity contribution is 6.31. The summed E-state index contributed by atoms with van der Waals surface area (Å²) in [5, 5.41) is 0.805. The van der Waals surface area contributed by atoms with Crippen molar-refractivity contribution in [2.75, 3.05) is 11.4 Å². The summed E-state index contributed by atoms with van der Waals surface area (Å²) < 4.78 is 0. The molecule has 98 valence electrons. The Labute approximate surface area is 120 Å². The molecular formula is C17H18ClN. The van der Waals surface area contributed by atoms with E-state index in [1.165, 1.54) is 5.56 Å². The molecule has 2 heteroatoms. The van der Waals surface area contributed by atoms with Gasteiger partial charge in [0.15, 0.2) is 0 Å². The Kier molecular flexibility index (Phi) is 4.64. The molecule has 0 aliphatic heterocycles. The summed E-state index contributed by atoms with van der Waals surface area (Å²) in [4.78, 5) is 2.28. The topological polar surface area (TPSA) is 3.24 Å². The van der Waals surface area contributed by atoms with Crippen molar-refractivity contribution in [2.45, 2.75) is 13.5 Å². The Morgan fingerprint density at radius 1 is 1.11 bits per heavy atom. The molecule has 0 bridgehead atoms. The van der Waals surface area contributed by atoms with Crippen molar-refractivity contribution >= 4 is 17.3 Å². The third-order valence-corrected chi connectivity index (χ3v) is 3.55. The van der Waals surface area contributed by atoms with Gasteiger partial charge in [0.25, 0.3) is 0 Å². The van der Waals surface area contributed by atoms with Crippen LogP contribution in [0.1, 0.15) is 11.1 Å². The first-order chi connectivity index (χ1) is 9.22. The quantitative estimate of drug-likeness (QED) is 0.703. The summed E-state index contributed by atoms with van der Waals surface area (Å²) in [5.74, 6) is 0. The molecule has 0 radical (unpaired) electrons. The zero-order valence-corrected chi connectivity index (χ0v) is 11.9. The number of anilines is 1. The van der Waals surface area contributed by atoms with Gasteiger partial charge < -0.3 is 4.90 Å². The van der Waals surface area contributed by atoms with Gasteiger partial charge in [0.05, 0.1) is 0 Å². The molecule has 0 fully saturated rings. The fourth-order valence-electron chi connectivity index (χ4n) is 2.15. The Bertz CT molecular complexity index is 548.